The maximum atomic E-state index is 13.3. The van der Waals surface area contributed by atoms with Crippen LogP contribution in [-0.4, -0.2) is 79.4 Å². The summed E-state index contributed by atoms with van der Waals surface area (Å²) in [6.45, 7) is 8.64. The molecule has 3 aliphatic heterocycles. The van der Waals surface area contributed by atoms with Crippen LogP contribution in [0.4, 0.5) is 4.79 Å². The molecule has 4 atom stereocenters. The number of carbonyl (C=O) groups is 3. The van der Waals surface area contributed by atoms with E-state index in [-0.39, 0.29) is 35.6 Å². The van der Waals surface area contributed by atoms with Crippen molar-refractivity contribution < 1.29 is 33.3 Å². The van der Waals surface area contributed by atoms with Gasteiger partial charge in [-0.1, -0.05) is 6.07 Å². The van der Waals surface area contributed by atoms with Crippen molar-refractivity contribution in [3.05, 3.63) is 23.8 Å². The zero-order valence-corrected chi connectivity index (χ0v) is 23.4. The molecule has 1 aromatic rings. The molecule has 0 saturated carbocycles. The number of amides is 1. The van der Waals surface area contributed by atoms with E-state index in [0.29, 0.717) is 37.3 Å². The van der Waals surface area contributed by atoms with E-state index < -0.39 is 17.5 Å². The van der Waals surface area contributed by atoms with Gasteiger partial charge in [0.1, 0.15) is 11.2 Å². The molecule has 4 unspecified atom stereocenters. The monoisotopic (exact) mass is 530 g/mol. The van der Waals surface area contributed by atoms with Gasteiger partial charge in [0.2, 0.25) is 0 Å². The van der Waals surface area contributed by atoms with Gasteiger partial charge in [-0.15, -0.1) is 0 Å². The van der Waals surface area contributed by atoms with Crippen molar-refractivity contribution in [2.45, 2.75) is 83.4 Å². The smallest absolute Gasteiger partial charge is 0.410 e. The summed E-state index contributed by atoms with van der Waals surface area (Å²) in [5, 5.41) is 0. The van der Waals surface area contributed by atoms with Crippen molar-refractivity contribution in [1.82, 2.24) is 9.80 Å². The Balaban J connectivity index is 1.46. The first-order chi connectivity index (χ1) is 18.1. The minimum absolute atomic E-state index is 0.0108. The molecule has 9 nitrogen and oxygen atoms in total. The third-order valence-electron chi connectivity index (χ3n) is 8.00. The fourth-order valence-corrected chi connectivity index (χ4v) is 6.57. The minimum atomic E-state index is -0.606. The lowest BCUT2D eigenvalue weighted by Crippen LogP contribution is -2.65. The van der Waals surface area contributed by atoms with Crippen molar-refractivity contribution in [1.29, 1.82) is 0 Å². The number of likely N-dealkylation sites (tertiary alicyclic amines) is 1. The quantitative estimate of drug-likeness (QED) is 0.371. The number of carbonyl (C=O) groups excluding carboxylic acids is 3. The van der Waals surface area contributed by atoms with Crippen molar-refractivity contribution >= 4 is 18.0 Å². The molecular formula is C29H42N2O7. The maximum Gasteiger partial charge on any atom is 0.410 e. The third kappa shape index (κ3) is 6.25. The first-order valence-electron chi connectivity index (χ1n) is 13.8. The van der Waals surface area contributed by atoms with Gasteiger partial charge in [-0.2, -0.15) is 0 Å². The van der Waals surface area contributed by atoms with Crippen LogP contribution in [0.5, 0.6) is 11.5 Å². The van der Waals surface area contributed by atoms with Crippen LogP contribution in [0.1, 0.15) is 76.1 Å². The number of esters is 2. The Kier molecular flexibility index (Phi) is 8.85. The van der Waals surface area contributed by atoms with Gasteiger partial charge in [-0.25, -0.2) is 9.59 Å². The first kappa shape index (κ1) is 28.2. The van der Waals surface area contributed by atoms with Gasteiger partial charge >= 0.3 is 18.0 Å². The van der Waals surface area contributed by atoms with Crippen molar-refractivity contribution in [2.75, 3.05) is 33.9 Å². The summed E-state index contributed by atoms with van der Waals surface area (Å²) in [4.78, 5) is 43.0. The minimum Gasteiger partial charge on any atom is -0.493 e. The van der Waals surface area contributed by atoms with E-state index in [0.717, 1.165) is 32.4 Å². The van der Waals surface area contributed by atoms with Gasteiger partial charge in [0.05, 0.1) is 14.2 Å². The second-order valence-corrected chi connectivity index (χ2v) is 11.6. The van der Waals surface area contributed by atoms with Gasteiger partial charge in [0.25, 0.3) is 0 Å². The zero-order chi connectivity index (χ0) is 27.4. The number of ether oxygens (including phenoxy) is 4. The summed E-state index contributed by atoms with van der Waals surface area (Å²) in [6.07, 6.45) is 5.64. The molecule has 3 aliphatic rings. The molecule has 38 heavy (non-hydrogen) atoms. The van der Waals surface area contributed by atoms with E-state index in [9.17, 15) is 14.4 Å². The highest BCUT2D eigenvalue weighted by Crippen LogP contribution is 2.44. The summed E-state index contributed by atoms with van der Waals surface area (Å²) in [5.41, 5.74) is -0.436. The third-order valence-corrected chi connectivity index (χ3v) is 8.00. The van der Waals surface area contributed by atoms with Crippen molar-refractivity contribution in [3.8, 4) is 11.5 Å². The van der Waals surface area contributed by atoms with Crippen molar-refractivity contribution in [2.24, 2.45) is 11.8 Å². The van der Waals surface area contributed by atoms with Crippen LogP contribution in [-0.2, 0) is 14.3 Å². The van der Waals surface area contributed by atoms with Gasteiger partial charge in [0.15, 0.2) is 11.5 Å². The fraction of sp³-hybridized carbons (Fsp3) is 0.690. The molecular weight excluding hydrogens is 488 g/mol. The van der Waals surface area contributed by atoms with Crippen LogP contribution in [0.2, 0.25) is 0 Å². The average Bonchev–Trinajstić information content (AvgIpc) is 2.88. The van der Waals surface area contributed by atoms with Gasteiger partial charge in [-0.3, -0.25) is 9.69 Å². The highest BCUT2D eigenvalue weighted by atomic mass is 16.6. The Morgan fingerprint density at radius 3 is 2.47 bits per heavy atom. The molecule has 0 N–H and O–H groups in total. The van der Waals surface area contributed by atoms with E-state index in [2.05, 4.69) is 4.90 Å². The summed E-state index contributed by atoms with van der Waals surface area (Å²) < 4.78 is 21.6. The molecule has 0 aromatic heterocycles. The summed E-state index contributed by atoms with van der Waals surface area (Å²) in [6, 6.07) is 5.31. The van der Waals surface area contributed by atoms with Crippen LogP contribution < -0.4 is 9.47 Å². The van der Waals surface area contributed by atoms with Crippen LogP contribution in [0, 0.1) is 11.8 Å². The maximum absolute atomic E-state index is 13.3. The second-order valence-electron chi connectivity index (χ2n) is 11.6. The van der Waals surface area contributed by atoms with Gasteiger partial charge < -0.3 is 23.8 Å². The molecule has 0 bridgehead atoms. The summed E-state index contributed by atoms with van der Waals surface area (Å²) >= 11 is 0. The lowest BCUT2D eigenvalue weighted by molar-refractivity contribution is -0.134. The van der Waals surface area contributed by atoms with Gasteiger partial charge in [0, 0.05) is 25.0 Å². The molecule has 3 fully saturated rings. The molecule has 0 spiro atoms. The molecule has 210 valence electrons. The van der Waals surface area contributed by atoms with Crippen LogP contribution in [0.3, 0.4) is 0 Å². The number of hydrogen-bond acceptors (Lipinski definition) is 8. The molecule has 9 heteroatoms. The van der Waals surface area contributed by atoms with E-state index in [1.165, 1.54) is 26.7 Å². The van der Waals surface area contributed by atoms with Crippen LogP contribution in [0.25, 0.3) is 0 Å². The SMILES string of the molecule is COC(=O)c1cccc(OC)c1OC(=O)CCCC1C2CCCN3CCCC(CN1C(=O)OC(C)(C)C)C23. The predicted molar refractivity (Wildman–Crippen MR) is 141 cm³/mol. The second kappa shape index (κ2) is 11.9. The van der Waals surface area contributed by atoms with Crippen LogP contribution in [0.15, 0.2) is 18.2 Å². The predicted octanol–water partition coefficient (Wildman–Crippen LogP) is 4.67. The number of piperidine rings is 3. The Morgan fingerprint density at radius 2 is 1.79 bits per heavy atom. The average molecular weight is 531 g/mol. The normalized spacial score (nSPS) is 25.2. The molecule has 0 aliphatic carbocycles. The highest BCUT2D eigenvalue weighted by Gasteiger charge is 2.50. The lowest BCUT2D eigenvalue weighted by atomic mass is 9.69. The van der Waals surface area contributed by atoms with E-state index in [4.69, 9.17) is 18.9 Å². The number of rotatable bonds is 7. The zero-order valence-electron chi connectivity index (χ0n) is 23.4. The fourth-order valence-electron chi connectivity index (χ4n) is 6.57. The van der Waals surface area contributed by atoms with E-state index in [1.807, 2.05) is 25.7 Å². The Hall–Kier alpha value is -2.81. The Bertz CT molecular complexity index is 1020. The number of nitrogens with zero attached hydrogens (tertiary/aromatic N) is 2. The largest absolute Gasteiger partial charge is 0.493 e. The number of methoxy groups -OCH3 is 2. The van der Waals surface area contributed by atoms with Crippen LogP contribution >= 0.6 is 0 Å². The molecule has 0 radical (unpaired) electrons. The number of hydrogen-bond donors (Lipinski definition) is 0. The van der Waals surface area contributed by atoms with Crippen molar-refractivity contribution in [3.63, 3.8) is 0 Å². The topological polar surface area (TPSA) is 94.6 Å². The Morgan fingerprint density at radius 1 is 1.05 bits per heavy atom. The molecule has 4 rings (SSSR count). The standard InChI is InChI=1S/C29H42N2O7/c1-29(2,3)38-28(34)31-18-19-10-8-16-30-17-9-12-20(25(19)30)22(31)13-7-15-24(32)37-26-21(27(33)36-5)11-6-14-23(26)35-4/h6,11,14,19-20,22,25H,7-10,12-13,15-18H2,1-5H3. The highest BCUT2D eigenvalue weighted by molar-refractivity contribution is 5.94. The number of benzene rings is 1. The lowest BCUT2D eigenvalue weighted by Gasteiger charge is -2.57. The van der Waals surface area contributed by atoms with Gasteiger partial charge in [-0.05, 0) is 96.4 Å². The van der Waals surface area contributed by atoms with E-state index >= 15 is 0 Å². The molecule has 1 aromatic carbocycles. The Labute approximate surface area is 225 Å². The molecule has 3 heterocycles. The molecule has 1 amide bonds. The summed E-state index contributed by atoms with van der Waals surface area (Å²) in [7, 11) is 2.73. The molecule has 3 saturated heterocycles. The summed E-state index contributed by atoms with van der Waals surface area (Å²) in [5.74, 6) is 0.116. The first-order valence-corrected chi connectivity index (χ1v) is 13.8. The van der Waals surface area contributed by atoms with E-state index in [1.54, 1.807) is 12.1 Å². The number of para-hydroxylation sites is 1.